The molecule has 5 heterocycles. The average molecular weight is 544 g/mol. The van der Waals surface area contributed by atoms with Crippen molar-refractivity contribution in [1.82, 2.24) is 25.0 Å². The molecule has 1 N–H and O–H groups in total. The van der Waals surface area contributed by atoms with Crippen molar-refractivity contribution >= 4 is 17.7 Å². The molecule has 11 nitrogen and oxygen atoms in total. The zero-order valence-corrected chi connectivity index (χ0v) is 23.3. The van der Waals surface area contributed by atoms with E-state index in [0.29, 0.717) is 50.7 Å². The van der Waals surface area contributed by atoms with Crippen LogP contribution in [0.25, 0.3) is 0 Å². The predicted molar refractivity (Wildman–Crippen MR) is 142 cm³/mol. The lowest BCUT2D eigenvalue weighted by Crippen LogP contribution is -2.59. The number of pyridine rings is 1. The second kappa shape index (κ2) is 11.8. The van der Waals surface area contributed by atoms with Crippen LogP contribution in [-0.2, 0) is 19.1 Å². The first-order chi connectivity index (χ1) is 18.7. The molecule has 0 saturated carbocycles. The van der Waals surface area contributed by atoms with E-state index >= 15 is 0 Å². The molecule has 0 unspecified atom stereocenters. The van der Waals surface area contributed by atoms with Crippen LogP contribution in [0.3, 0.4) is 0 Å². The van der Waals surface area contributed by atoms with Gasteiger partial charge in [0, 0.05) is 64.6 Å². The smallest absolute Gasteiger partial charge is 0.257 e. The molecule has 4 aliphatic rings. The van der Waals surface area contributed by atoms with Gasteiger partial charge in [-0.1, -0.05) is 20.8 Å². The van der Waals surface area contributed by atoms with Gasteiger partial charge in [-0.2, -0.15) is 0 Å². The molecule has 1 aromatic rings. The normalized spacial score (nSPS) is 27.7. The van der Waals surface area contributed by atoms with E-state index in [0.717, 1.165) is 26.1 Å². The molecule has 0 aromatic carbocycles. The molecular formula is C28H41N5O6. The summed E-state index contributed by atoms with van der Waals surface area (Å²) >= 11 is 0. The Kier molecular flexibility index (Phi) is 8.39. The van der Waals surface area contributed by atoms with Crippen LogP contribution < -0.4 is 10.1 Å². The summed E-state index contributed by atoms with van der Waals surface area (Å²) in [6.07, 6.45) is 3.56. The fourth-order valence-corrected chi connectivity index (χ4v) is 5.94. The van der Waals surface area contributed by atoms with E-state index in [9.17, 15) is 14.4 Å². The maximum absolute atomic E-state index is 13.4. The maximum Gasteiger partial charge on any atom is 0.257 e. The first-order valence-corrected chi connectivity index (χ1v) is 14.1. The second-order valence-electron chi connectivity index (χ2n) is 12.2. The van der Waals surface area contributed by atoms with Crippen LogP contribution in [0.15, 0.2) is 18.3 Å². The van der Waals surface area contributed by atoms with Gasteiger partial charge in [-0.25, -0.2) is 4.98 Å². The summed E-state index contributed by atoms with van der Waals surface area (Å²) in [6.45, 7) is 10.1. The van der Waals surface area contributed by atoms with Gasteiger partial charge >= 0.3 is 0 Å². The Balaban J connectivity index is 1.37. The first-order valence-electron chi connectivity index (χ1n) is 14.1. The minimum Gasteiger partial charge on any atom is -0.475 e. The molecule has 214 valence electrons. The predicted octanol–water partition coefficient (Wildman–Crippen LogP) is 0.928. The fraction of sp³-hybridized carbons (Fsp3) is 0.714. The van der Waals surface area contributed by atoms with Crippen molar-refractivity contribution in [1.29, 1.82) is 0 Å². The van der Waals surface area contributed by atoms with E-state index in [1.54, 1.807) is 23.2 Å². The number of aromatic nitrogens is 1. The molecule has 3 saturated heterocycles. The minimum atomic E-state index is -0.379. The molecule has 0 aliphatic carbocycles. The second-order valence-corrected chi connectivity index (χ2v) is 12.2. The highest BCUT2D eigenvalue weighted by Gasteiger charge is 2.40. The Morgan fingerprint density at radius 2 is 1.90 bits per heavy atom. The van der Waals surface area contributed by atoms with Gasteiger partial charge in [0.05, 0.1) is 18.2 Å². The highest BCUT2D eigenvalue weighted by Crippen LogP contribution is 2.26. The number of carbonyl (C=O) groups excluding carboxylic acids is 3. The zero-order valence-electron chi connectivity index (χ0n) is 23.3. The van der Waals surface area contributed by atoms with Gasteiger partial charge in [-0.3, -0.25) is 19.3 Å². The summed E-state index contributed by atoms with van der Waals surface area (Å²) in [6, 6.07) is 3.11. The van der Waals surface area contributed by atoms with Crippen LogP contribution in [0.4, 0.5) is 0 Å². The summed E-state index contributed by atoms with van der Waals surface area (Å²) < 4.78 is 17.8. The zero-order chi connectivity index (χ0) is 27.6. The quantitative estimate of drug-likeness (QED) is 0.586. The summed E-state index contributed by atoms with van der Waals surface area (Å²) in [5.74, 6) is -0.134. The fourth-order valence-electron chi connectivity index (χ4n) is 5.94. The third-order valence-electron chi connectivity index (χ3n) is 8.00. The molecule has 3 fully saturated rings. The lowest BCUT2D eigenvalue weighted by Gasteiger charge is -2.42. The van der Waals surface area contributed by atoms with E-state index in [-0.39, 0.29) is 60.4 Å². The highest BCUT2D eigenvalue weighted by atomic mass is 16.5. The third kappa shape index (κ3) is 6.70. The van der Waals surface area contributed by atoms with Crippen molar-refractivity contribution in [2.24, 2.45) is 5.41 Å². The van der Waals surface area contributed by atoms with Crippen LogP contribution in [-0.4, -0.2) is 121 Å². The van der Waals surface area contributed by atoms with Crippen LogP contribution in [0.1, 0.15) is 50.4 Å². The van der Waals surface area contributed by atoms with Crippen LogP contribution in [0.5, 0.6) is 5.88 Å². The van der Waals surface area contributed by atoms with Crippen molar-refractivity contribution in [3.63, 3.8) is 0 Å². The highest BCUT2D eigenvalue weighted by molar-refractivity contribution is 5.96. The number of nitrogens with one attached hydrogen (secondary N) is 1. The number of rotatable bonds is 2. The molecule has 3 amide bonds. The van der Waals surface area contributed by atoms with Crippen molar-refractivity contribution in [2.75, 3.05) is 59.2 Å². The van der Waals surface area contributed by atoms with Gasteiger partial charge in [-0.05, 0) is 30.4 Å². The Bertz CT molecular complexity index is 1060. The van der Waals surface area contributed by atoms with E-state index in [4.69, 9.17) is 14.2 Å². The van der Waals surface area contributed by atoms with Gasteiger partial charge in [0.25, 0.3) is 5.91 Å². The number of piperazine rings is 1. The Morgan fingerprint density at radius 3 is 2.67 bits per heavy atom. The molecule has 0 spiro atoms. The lowest BCUT2D eigenvalue weighted by atomic mass is 9.91. The van der Waals surface area contributed by atoms with Crippen LogP contribution in [0, 0.1) is 5.41 Å². The number of hydrogen-bond acceptors (Lipinski definition) is 8. The van der Waals surface area contributed by atoms with Crippen LogP contribution >= 0.6 is 0 Å². The number of amides is 3. The summed E-state index contributed by atoms with van der Waals surface area (Å²) in [7, 11) is 0. The molecular weight excluding hydrogens is 502 g/mol. The SMILES string of the molecule is CC(C)(C)CC(=O)N1CCN2C(=O)CO[C@H]3CN(C4CCOCC4)C[C@H]3NC(=O)c3cccnc3OC[C@@H]2C1. The van der Waals surface area contributed by atoms with Crippen molar-refractivity contribution in [3.8, 4) is 5.88 Å². The molecule has 1 aromatic heterocycles. The number of hydrogen-bond donors (Lipinski definition) is 1. The largest absolute Gasteiger partial charge is 0.475 e. The molecule has 0 radical (unpaired) electrons. The van der Waals surface area contributed by atoms with E-state index in [1.807, 2.05) is 25.7 Å². The van der Waals surface area contributed by atoms with E-state index < -0.39 is 0 Å². The molecule has 3 atom stereocenters. The topological polar surface area (TPSA) is 114 Å². The van der Waals surface area contributed by atoms with Crippen molar-refractivity contribution in [3.05, 3.63) is 23.9 Å². The van der Waals surface area contributed by atoms with Gasteiger partial charge < -0.3 is 29.3 Å². The summed E-state index contributed by atoms with van der Waals surface area (Å²) in [5.41, 5.74) is 0.209. The van der Waals surface area contributed by atoms with E-state index in [1.165, 1.54) is 0 Å². The van der Waals surface area contributed by atoms with E-state index in [2.05, 4.69) is 15.2 Å². The average Bonchev–Trinajstić information content (AvgIpc) is 3.32. The molecule has 4 aliphatic heterocycles. The van der Waals surface area contributed by atoms with Gasteiger partial charge in [0.1, 0.15) is 18.8 Å². The van der Waals surface area contributed by atoms with Crippen LogP contribution in [0.2, 0.25) is 0 Å². The van der Waals surface area contributed by atoms with Gasteiger partial charge in [-0.15, -0.1) is 0 Å². The minimum absolute atomic E-state index is 0.0636. The molecule has 0 bridgehead atoms. The number of likely N-dealkylation sites (tertiary alicyclic amines) is 1. The monoisotopic (exact) mass is 543 g/mol. The number of fused-ring (bicyclic) bond motifs is 3. The standard InChI is InChI=1S/C28H41N5O6/c1-28(2,3)13-24(34)31-9-10-33-20(14-31)17-39-27-21(5-4-8-29-27)26(36)30-22-15-32(19-6-11-37-12-7-19)16-23(22)38-18-25(33)35/h4-5,8,19-20,22-23H,6-7,9-18H2,1-3H3,(H,30,36)/t20-,22+,23-/m0/s1. The third-order valence-corrected chi connectivity index (χ3v) is 8.00. The molecule has 11 heteroatoms. The number of carbonyl (C=O) groups is 3. The Hall–Kier alpha value is -2.76. The summed E-state index contributed by atoms with van der Waals surface area (Å²) in [5, 5.41) is 3.13. The first kappa shape index (κ1) is 27.8. The lowest BCUT2D eigenvalue weighted by molar-refractivity contribution is -0.149. The van der Waals surface area contributed by atoms with Crippen molar-refractivity contribution in [2.45, 2.75) is 64.3 Å². The Labute approximate surface area is 230 Å². The Morgan fingerprint density at radius 1 is 1.10 bits per heavy atom. The number of nitrogens with zero attached hydrogens (tertiary/aromatic N) is 4. The molecule has 5 rings (SSSR count). The maximum atomic E-state index is 13.4. The van der Waals surface area contributed by atoms with Gasteiger partial charge in [0.2, 0.25) is 17.7 Å². The summed E-state index contributed by atoms with van der Waals surface area (Å²) in [4.78, 5) is 50.1. The van der Waals surface area contributed by atoms with Crippen molar-refractivity contribution < 1.29 is 28.6 Å². The van der Waals surface area contributed by atoms with Gasteiger partial charge in [0.15, 0.2) is 0 Å². The molecule has 39 heavy (non-hydrogen) atoms. The number of ether oxygens (including phenoxy) is 3.